The number of nitrogens with one attached hydrogen (secondary N) is 1. The molecule has 0 aliphatic rings. The summed E-state index contributed by atoms with van der Waals surface area (Å²) in [7, 11) is 10.6. The van der Waals surface area contributed by atoms with E-state index >= 15 is 0 Å². The molecular formula is C30H57ClF14N6O4S2. The van der Waals surface area contributed by atoms with Gasteiger partial charge in [0, 0.05) is 36.6 Å². The molecule has 0 saturated heterocycles. The van der Waals surface area contributed by atoms with Crippen molar-refractivity contribution < 1.29 is 78.3 Å². The lowest BCUT2D eigenvalue weighted by molar-refractivity contribution is -0.342. The molecule has 0 rings (SSSR count). The second kappa shape index (κ2) is 25.7. The van der Waals surface area contributed by atoms with Crippen LogP contribution < -0.4 is 5.32 Å². The smallest absolute Gasteiger partial charge is 0.317 e. The minimum atomic E-state index is -6.26. The quantitative estimate of drug-likeness (QED) is 0.0753. The summed E-state index contributed by atoms with van der Waals surface area (Å²) in [4.78, 5) is 7.96. The van der Waals surface area contributed by atoms with Gasteiger partial charge in [0.2, 0.25) is 19.1 Å². The highest BCUT2D eigenvalue weighted by Gasteiger charge is 2.73. The summed E-state index contributed by atoms with van der Waals surface area (Å²) in [6.07, 6.45) is -26.5. The van der Waals surface area contributed by atoms with E-state index in [1.807, 2.05) is 0 Å². The van der Waals surface area contributed by atoms with Gasteiger partial charge >= 0.3 is 24.7 Å². The first-order valence-corrected chi connectivity index (χ1v) is 21.2. The van der Waals surface area contributed by atoms with Crippen LogP contribution in [0.3, 0.4) is 0 Å². The summed E-state index contributed by atoms with van der Waals surface area (Å²) in [6.45, 7) is 5.44. The lowest BCUT2D eigenvalue weighted by atomic mass is 10.0. The Labute approximate surface area is 331 Å². The van der Waals surface area contributed by atoms with Crippen molar-refractivity contribution in [2.24, 2.45) is 0 Å². The van der Waals surface area contributed by atoms with Crippen LogP contribution in [0.15, 0.2) is 0 Å². The minimum Gasteiger partial charge on any atom is -0.317 e. The fourth-order valence-electron chi connectivity index (χ4n) is 4.23. The molecule has 0 unspecified atom stereocenters. The van der Waals surface area contributed by atoms with E-state index < -0.39 is 79.5 Å². The zero-order valence-electron chi connectivity index (χ0n) is 33.2. The second-order valence-electron chi connectivity index (χ2n) is 13.9. The van der Waals surface area contributed by atoms with Gasteiger partial charge in [-0.1, -0.05) is 0 Å². The van der Waals surface area contributed by atoms with Gasteiger partial charge in [-0.3, -0.25) is 0 Å². The third kappa shape index (κ3) is 26.0. The Bertz CT molecular complexity index is 1250. The lowest BCUT2D eigenvalue weighted by Gasteiger charge is -2.31. The number of hydrogen-bond acceptors (Lipinski definition) is 9. The molecule has 348 valence electrons. The van der Waals surface area contributed by atoms with Crippen LogP contribution in [0.25, 0.3) is 0 Å². The van der Waals surface area contributed by atoms with Crippen molar-refractivity contribution >= 4 is 29.8 Å². The topological polar surface area (TPSA) is 96.5 Å². The third-order valence-electron chi connectivity index (χ3n) is 7.53. The van der Waals surface area contributed by atoms with Crippen molar-refractivity contribution in [3.63, 3.8) is 0 Å². The molecule has 0 atom stereocenters. The Morgan fingerprint density at radius 3 is 0.947 bits per heavy atom. The molecule has 57 heavy (non-hydrogen) atoms. The van der Waals surface area contributed by atoms with E-state index in [4.69, 9.17) is 0 Å². The first kappa shape index (κ1) is 60.3. The van der Waals surface area contributed by atoms with Crippen molar-refractivity contribution in [1.29, 1.82) is 0 Å². The van der Waals surface area contributed by atoms with Gasteiger partial charge in [0.25, 0.3) is 11.3 Å². The van der Waals surface area contributed by atoms with Crippen molar-refractivity contribution in [2.75, 3.05) is 120 Å². The highest BCUT2D eigenvalue weighted by molar-refractivity contribution is 8.13. The predicted octanol–water partition coefficient (Wildman–Crippen LogP) is 6.00. The van der Waals surface area contributed by atoms with Gasteiger partial charge in [-0.25, -0.2) is 29.9 Å². The maximum atomic E-state index is 13.8. The molecule has 0 amide bonds. The molecule has 0 saturated carbocycles. The normalized spacial score (nSPS) is 14.0. The number of rotatable bonds is 23. The van der Waals surface area contributed by atoms with Gasteiger partial charge in [-0.15, -0.1) is 0 Å². The molecule has 0 fully saturated rings. The molecule has 0 aliphatic carbocycles. The van der Waals surface area contributed by atoms with E-state index in [1.165, 1.54) is 25.9 Å². The maximum absolute atomic E-state index is 13.8. The molecule has 0 aromatic rings. The minimum absolute atomic E-state index is 0.0781. The molecule has 27 heteroatoms. The SMILES string of the molecule is CN(C)CCCN(CCCN(C)C)S(=O)(=O)CCC(F)(C(F)(F)F)C(F)(F)F.CN(C)CCCNCCCN(C)C.O=S(=O)(Cl)CCC(F)(C(F)(F)F)C(F)(F)F. The monoisotopic (exact) mass is 930 g/mol. The van der Waals surface area contributed by atoms with Gasteiger partial charge in [0.15, 0.2) is 0 Å². The van der Waals surface area contributed by atoms with Gasteiger partial charge in [0.05, 0.1) is 11.5 Å². The van der Waals surface area contributed by atoms with Crippen LogP contribution in [0.1, 0.15) is 38.5 Å². The zero-order chi connectivity index (χ0) is 45.9. The molecular weight excluding hydrogens is 874 g/mol. The van der Waals surface area contributed by atoms with E-state index in [2.05, 4.69) is 54.0 Å². The predicted molar refractivity (Wildman–Crippen MR) is 192 cm³/mol. The van der Waals surface area contributed by atoms with Crippen LogP contribution in [-0.4, -0.2) is 197 Å². The van der Waals surface area contributed by atoms with Crippen molar-refractivity contribution in [3.05, 3.63) is 0 Å². The largest absolute Gasteiger partial charge is 0.431 e. The van der Waals surface area contributed by atoms with E-state index in [9.17, 15) is 78.3 Å². The second-order valence-corrected chi connectivity index (χ2v) is 18.9. The number of hydrogen-bond donors (Lipinski definition) is 1. The molecule has 0 heterocycles. The molecule has 1 N–H and O–H groups in total. The summed E-state index contributed by atoms with van der Waals surface area (Å²) >= 11 is 0. The first-order chi connectivity index (χ1) is 25.3. The summed E-state index contributed by atoms with van der Waals surface area (Å²) in [5.41, 5.74) is -11.2. The van der Waals surface area contributed by atoms with Gasteiger partial charge < -0.3 is 24.9 Å². The van der Waals surface area contributed by atoms with Gasteiger partial charge in [0.1, 0.15) is 0 Å². The van der Waals surface area contributed by atoms with Crippen LogP contribution in [0.2, 0.25) is 0 Å². The Morgan fingerprint density at radius 1 is 0.439 bits per heavy atom. The van der Waals surface area contributed by atoms with Crippen LogP contribution in [0.5, 0.6) is 0 Å². The number of alkyl halides is 14. The fraction of sp³-hybridized carbons (Fsp3) is 1.00. The summed E-state index contributed by atoms with van der Waals surface area (Å²) in [5, 5.41) is 3.44. The molecule has 0 aliphatic heterocycles. The van der Waals surface area contributed by atoms with E-state index in [0.29, 0.717) is 25.9 Å². The van der Waals surface area contributed by atoms with Gasteiger partial charge in [-0.2, -0.15) is 52.7 Å². The highest BCUT2D eigenvalue weighted by atomic mass is 35.7. The number of nitrogens with zero attached hydrogens (tertiary/aromatic N) is 5. The maximum Gasteiger partial charge on any atom is 0.431 e. The Balaban J connectivity index is -0.000000848. The Hall–Kier alpha value is -1.03. The van der Waals surface area contributed by atoms with Crippen molar-refractivity contribution in [2.45, 2.75) is 74.6 Å². The molecule has 0 aromatic carbocycles. The van der Waals surface area contributed by atoms with Gasteiger partial charge in [-0.05, 0) is 121 Å². The molecule has 10 nitrogen and oxygen atoms in total. The Morgan fingerprint density at radius 2 is 0.702 bits per heavy atom. The lowest BCUT2D eigenvalue weighted by Crippen LogP contribution is -2.54. The number of halogens is 15. The molecule has 0 spiro atoms. The standard InChI is InChI=1S/C15H28F7N3O2S.C10H25N3.C5H4ClF7O2S/c1-23(2)8-5-10-25(11-6-9-24(3)4)28(26,27)12-7-13(16,14(17,18)19)15(20,21)22;1-12(2)9-5-7-11-8-6-10-13(3)4;6-16(14,15)2-1-3(7,4(8,9)10)5(11,12)13/h5-12H2,1-4H3;11H,5-10H2,1-4H3;1-2H2. The van der Waals surface area contributed by atoms with E-state index in [-0.39, 0.29) is 13.1 Å². The average Bonchev–Trinajstić information content (AvgIpc) is 2.98. The summed E-state index contributed by atoms with van der Waals surface area (Å²) < 4.78 is 219. The summed E-state index contributed by atoms with van der Waals surface area (Å²) in [6, 6.07) is 0. The fourth-order valence-corrected chi connectivity index (χ4v) is 6.60. The van der Waals surface area contributed by atoms with Crippen LogP contribution in [0, 0.1) is 0 Å². The number of sulfonamides is 1. The molecule has 0 radical (unpaired) electrons. The first-order valence-electron chi connectivity index (χ1n) is 17.1. The van der Waals surface area contributed by atoms with Crippen molar-refractivity contribution in [3.8, 4) is 0 Å². The van der Waals surface area contributed by atoms with E-state index in [0.717, 1.165) is 17.4 Å². The zero-order valence-corrected chi connectivity index (χ0v) is 35.6. The van der Waals surface area contributed by atoms with Crippen molar-refractivity contribution in [1.82, 2.24) is 29.2 Å². The van der Waals surface area contributed by atoms with E-state index in [1.54, 1.807) is 38.0 Å². The highest BCUT2D eigenvalue weighted by Crippen LogP contribution is 2.49. The molecule has 0 bridgehead atoms. The third-order valence-corrected chi connectivity index (χ3v) is 10.6. The van der Waals surface area contributed by atoms with Crippen LogP contribution in [0.4, 0.5) is 61.5 Å². The summed E-state index contributed by atoms with van der Waals surface area (Å²) in [5.74, 6) is -3.36. The molecule has 0 aromatic heterocycles. The average molecular weight is 931 g/mol. The van der Waals surface area contributed by atoms with Crippen LogP contribution in [-0.2, 0) is 19.1 Å². The van der Waals surface area contributed by atoms with Crippen LogP contribution >= 0.6 is 10.7 Å². The Kier molecular flexibility index (Phi) is 27.2.